The smallest absolute Gasteiger partial charge is 0.0393 e. The minimum atomic E-state index is 0.929. The summed E-state index contributed by atoms with van der Waals surface area (Å²) < 4.78 is 0. The Balaban J connectivity index is 2.59. The zero-order valence-corrected chi connectivity index (χ0v) is 12.9. The van der Waals surface area contributed by atoms with E-state index < -0.39 is 0 Å². The second-order valence-corrected chi connectivity index (χ2v) is 5.39. The van der Waals surface area contributed by atoms with Crippen molar-refractivity contribution in [3.05, 3.63) is 29.3 Å². The van der Waals surface area contributed by atoms with Crippen LogP contribution in [0.4, 0.5) is 5.69 Å². The van der Waals surface area contributed by atoms with Gasteiger partial charge in [0.15, 0.2) is 0 Å². The molecule has 96 valence electrons. The standard InChI is InChI=1S/C14H23BrN2/c1-12-10-13(11-15)6-7-14(12)17(4)9-5-8-16(2)3/h6-7,10H,5,8-9,11H2,1-4H3. The molecule has 3 heteroatoms. The monoisotopic (exact) mass is 298 g/mol. The van der Waals surface area contributed by atoms with Crippen LogP contribution >= 0.6 is 15.9 Å². The first-order chi connectivity index (χ1) is 8.04. The summed E-state index contributed by atoms with van der Waals surface area (Å²) in [6.45, 7) is 4.43. The highest BCUT2D eigenvalue weighted by molar-refractivity contribution is 9.08. The fourth-order valence-corrected chi connectivity index (χ4v) is 2.32. The van der Waals surface area contributed by atoms with Gasteiger partial charge in [-0.15, -0.1) is 0 Å². The molecule has 2 nitrogen and oxygen atoms in total. The van der Waals surface area contributed by atoms with Crippen LogP contribution in [-0.2, 0) is 5.33 Å². The molecule has 0 aliphatic carbocycles. The first-order valence-electron chi connectivity index (χ1n) is 6.06. The van der Waals surface area contributed by atoms with Crippen molar-refractivity contribution in [2.24, 2.45) is 0 Å². The molecule has 0 atom stereocenters. The van der Waals surface area contributed by atoms with Gasteiger partial charge >= 0.3 is 0 Å². The molecule has 0 aliphatic rings. The van der Waals surface area contributed by atoms with E-state index >= 15 is 0 Å². The van der Waals surface area contributed by atoms with Crippen LogP contribution in [0, 0.1) is 6.92 Å². The minimum absolute atomic E-state index is 0.929. The van der Waals surface area contributed by atoms with Crippen LogP contribution in [0.25, 0.3) is 0 Å². The number of alkyl halides is 1. The Morgan fingerprint density at radius 3 is 2.35 bits per heavy atom. The van der Waals surface area contributed by atoms with Crippen molar-refractivity contribution >= 4 is 21.6 Å². The molecule has 0 aromatic heterocycles. The summed E-state index contributed by atoms with van der Waals surface area (Å²) in [5.41, 5.74) is 4.04. The average Bonchev–Trinajstić information content (AvgIpc) is 2.28. The predicted octanol–water partition coefficient (Wildman–Crippen LogP) is 3.28. The number of benzene rings is 1. The van der Waals surface area contributed by atoms with Crippen LogP contribution < -0.4 is 4.90 Å². The van der Waals surface area contributed by atoms with E-state index in [0.717, 1.165) is 18.4 Å². The lowest BCUT2D eigenvalue weighted by molar-refractivity contribution is 0.401. The molecule has 0 aliphatic heterocycles. The van der Waals surface area contributed by atoms with Crippen molar-refractivity contribution in [3.8, 4) is 0 Å². The normalized spacial score (nSPS) is 10.9. The molecule has 0 amide bonds. The third-order valence-electron chi connectivity index (χ3n) is 2.93. The van der Waals surface area contributed by atoms with Crippen LogP contribution in [-0.4, -0.2) is 39.1 Å². The maximum Gasteiger partial charge on any atom is 0.0393 e. The molecule has 0 fully saturated rings. The summed E-state index contributed by atoms with van der Waals surface area (Å²) >= 11 is 3.49. The summed E-state index contributed by atoms with van der Waals surface area (Å²) in [6, 6.07) is 6.67. The third-order valence-corrected chi connectivity index (χ3v) is 3.57. The van der Waals surface area contributed by atoms with Crippen LogP contribution in [0.5, 0.6) is 0 Å². The summed E-state index contributed by atoms with van der Waals surface area (Å²) in [7, 11) is 6.41. The van der Waals surface area contributed by atoms with Crippen LogP contribution in [0.15, 0.2) is 18.2 Å². The Morgan fingerprint density at radius 2 is 1.82 bits per heavy atom. The van der Waals surface area contributed by atoms with Gasteiger partial charge in [0.2, 0.25) is 0 Å². The lowest BCUT2D eigenvalue weighted by atomic mass is 10.1. The molecule has 1 aromatic carbocycles. The molecule has 0 bridgehead atoms. The van der Waals surface area contributed by atoms with E-state index in [-0.39, 0.29) is 0 Å². The first-order valence-corrected chi connectivity index (χ1v) is 7.18. The molecular formula is C14H23BrN2. The highest BCUT2D eigenvalue weighted by atomic mass is 79.9. The Hall–Kier alpha value is -0.540. The lowest BCUT2D eigenvalue weighted by Crippen LogP contribution is -2.23. The Labute approximate surface area is 114 Å². The molecule has 1 rings (SSSR count). The number of hydrogen-bond donors (Lipinski definition) is 0. The molecule has 17 heavy (non-hydrogen) atoms. The quantitative estimate of drug-likeness (QED) is 0.744. The zero-order valence-electron chi connectivity index (χ0n) is 11.3. The molecule has 0 spiro atoms. The highest BCUT2D eigenvalue weighted by Gasteiger charge is 2.05. The van der Waals surface area contributed by atoms with Crippen molar-refractivity contribution in [1.82, 2.24) is 4.90 Å². The topological polar surface area (TPSA) is 6.48 Å². The van der Waals surface area contributed by atoms with Crippen LogP contribution in [0.3, 0.4) is 0 Å². The van der Waals surface area contributed by atoms with Gasteiger partial charge < -0.3 is 9.80 Å². The minimum Gasteiger partial charge on any atom is -0.374 e. The third kappa shape index (κ3) is 4.68. The largest absolute Gasteiger partial charge is 0.374 e. The number of nitrogens with zero attached hydrogens (tertiary/aromatic N) is 2. The van der Waals surface area contributed by atoms with Gasteiger partial charge in [-0.25, -0.2) is 0 Å². The van der Waals surface area contributed by atoms with Crippen LogP contribution in [0.2, 0.25) is 0 Å². The number of hydrogen-bond acceptors (Lipinski definition) is 2. The zero-order chi connectivity index (χ0) is 12.8. The highest BCUT2D eigenvalue weighted by Crippen LogP contribution is 2.21. The second kappa shape index (κ2) is 7.02. The van der Waals surface area contributed by atoms with E-state index in [1.807, 2.05) is 0 Å². The van der Waals surface area contributed by atoms with Gasteiger partial charge in [0.05, 0.1) is 0 Å². The molecule has 0 saturated heterocycles. The summed E-state index contributed by atoms with van der Waals surface area (Å²) in [5, 5.41) is 0.929. The van der Waals surface area contributed by atoms with Crippen LogP contribution in [0.1, 0.15) is 17.5 Å². The van der Waals surface area contributed by atoms with E-state index in [0.29, 0.717) is 0 Å². The second-order valence-electron chi connectivity index (χ2n) is 4.83. The van der Waals surface area contributed by atoms with Crippen molar-refractivity contribution in [3.63, 3.8) is 0 Å². The van der Waals surface area contributed by atoms with Gasteiger partial charge in [0, 0.05) is 24.6 Å². The van der Waals surface area contributed by atoms with Gasteiger partial charge in [0.1, 0.15) is 0 Å². The summed E-state index contributed by atoms with van der Waals surface area (Å²) in [6.07, 6.45) is 1.20. The fraction of sp³-hybridized carbons (Fsp3) is 0.571. The van der Waals surface area contributed by atoms with Crippen molar-refractivity contribution < 1.29 is 0 Å². The number of halogens is 1. The maximum atomic E-state index is 3.49. The van der Waals surface area contributed by atoms with E-state index in [9.17, 15) is 0 Å². The Morgan fingerprint density at radius 1 is 1.12 bits per heavy atom. The summed E-state index contributed by atoms with van der Waals surface area (Å²) in [4.78, 5) is 4.57. The number of rotatable bonds is 6. The van der Waals surface area contributed by atoms with E-state index in [1.165, 1.54) is 23.2 Å². The van der Waals surface area contributed by atoms with Crippen molar-refractivity contribution in [2.75, 3.05) is 39.1 Å². The Bertz CT molecular complexity index is 350. The van der Waals surface area contributed by atoms with E-state index in [4.69, 9.17) is 0 Å². The molecule has 0 saturated carbocycles. The average molecular weight is 299 g/mol. The van der Waals surface area contributed by atoms with E-state index in [1.54, 1.807) is 0 Å². The van der Waals surface area contributed by atoms with Crippen molar-refractivity contribution in [1.29, 1.82) is 0 Å². The first kappa shape index (κ1) is 14.5. The lowest BCUT2D eigenvalue weighted by Gasteiger charge is -2.22. The molecule has 0 heterocycles. The fourth-order valence-electron chi connectivity index (χ4n) is 1.97. The predicted molar refractivity (Wildman–Crippen MR) is 80.3 cm³/mol. The van der Waals surface area contributed by atoms with Gasteiger partial charge in [-0.05, 0) is 51.2 Å². The van der Waals surface area contributed by atoms with Gasteiger partial charge in [-0.1, -0.05) is 28.1 Å². The Kier molecular flexibility index (Phi) is 6.00. The molecular weight excluding hydrogens is 276 g/mol. The van der Waals surface area contributed by atoms with E-state index in [2.05, 4.69) is 72.0 Å². The van der Waals surface area contributed by atoms with Gasteiger partial charge in [-0.3, -0.25) is 0 Å². The molecule has 0 radical (unpaired) electrons. The van der Waals surface area contributed by atoms with Gasteiger partial charge in [-0.2, -0.15) is 0 Å². The SMILES string of the molecule is Cc1cc(CBr)ccc1N(C)CCCN(C)C. The number of anilines is 1. The molecule has 0 N–H and O–H groups in total. The molecule has 0 unspecified atom stereocenters. The molecule has 1 aromatic rings. The number of aryl methyl sites for hydroxylation is 1. The van der Waals surface area contributed by atoms with Gasteiger partial charge in [0.25, 0.3) is 0 Å². The summed E-state index contributed by atoms with van der Waals surface area (Å²) in [5.74, 6) is 0. The maximum absolute atomic E-state index is 3.49. The van der Waals surface area contributed by atoms with Crippen molar-refractivity contribution in [2.45, 2.75) is 18.7 Å².